The maximum absolute atomic E-state index is 13.5. The molecule has 0 aromatic heterocycles. The fourth-order valence-electron chi connectivity index (χ4n) is 4.46. The summed E-state index contributed by atoms with van der Waals surface area (Å²) in [5.74, 6) is -0.0150. The molecule has 0 bridgehead atoms. The summed E-state index contributed by atoms with van der Waals surface area (Å²) in [6.45, 7) is 2.75. The van der Waals surface area contributed by atoms with Crippen molar-refractivity contribution < 1.29 is 32.2 Å². The van der Waals surface area contributed by atoms with E-state index >= 15 is 0 Å². The molecule has 190 valence electrons. The fourth-order valence-corrected chi connectivity index (χ4v) is 5.22. The molecule has 0 radical (unpaired) electrons. The Kier molecular flexibility index (Phi) is 8.43. The van der Waals surface area contributed by atoms with Crippen LogP contribution < -0.4 is 14.2 Å². The monoisotopic (exact) mass is 503 g/mol. The van der Waals surface area contributed by atoms with E-state index in [2.05, 4.69) is 0 Å². The molecule has 2 aromatic rings. The van der Waals surface area contributed by atoms with Crippen molar-refractivity contribution in [1.82, 2.24) is 4.90 Å². The van der Waals surface area contributed by atoms with Crippen molar-refractivity contribution in [1.29, 1.82) is 0 Å². The highest BCUT2D eigenvalue weighted by atomic mass is 32.2. The topological polar surface area (TPSA) is 99.2 Å². The Hall–Kier alpha value is -3.07. The van der Waals surface area contributed by atoms with Crippen LogP contribution in [0.5, 0.6) is 17.2 Å². The van der Waals surface area contributed by atoms with Crippen LogP contribution in [0.4, 0.5) is 0 Å². The van der Waals surface area contributed by atoms with Gasteiger partial charge in [0.15, 0.2) is 11.5 Å². The summed E-state index contributed by atoms with van der Waals surface area (Å²) in [4.78, 5) is 27.3. The number of methoxy groups -OCH3 is 2. The molecule has 9 heteroatoms. The van der Waals surface area contributed by atoms with Crippen molar-refractivity contribution in [2.24, 2.45) is 0 Å². The van der Waals surface area contributed by atoms with E-state index in [1.165, 1.54) is 20.5 Å². The van der Waals surface area contributed by atoms with Gasteiger partial charge in [-0.1, -0.05) is 37.3 Å². The van der Waals surface area contributed by atoms with E-state index in [-0.39, 0.29) is 35.3 Å². The number of hydrogen-bond acceptors (Lipinski definition) is 7. The average Bonchev–Trinajstić information content (AvgIpc) is 3.28. The molecule has 1 aliphatic rings. The molecule has 1 heterocycles. The minimum absolute atomic E-state index is 0.0450. The highest BCUT2D eigenvalue weighted by Gasteiger charge is 2.42. The average molecular weight is 504 g/mol. The molecular weight excluding hydrogens is 470 g/mol. The van der Waals surface area contributed by atoms with Gasteiger partial charge in [-0.05, 0) is 37.0 Å². The van der Waals surface area contributed by atoms with Crippen LogP contribution in [0.1, 0.15) is 48.5 Å². The second-order valence-electron chi connectivity index (χ2n) is 8.94. The van der Waals surface area contributed by atoms with E-state index in [1.807, 2.05) is 37.3 Å². The highest BCUT2D eigenvalue weighted by Crippen LogP contribution is 2.41. The zero-order chi connectivity index (χ0) is 25.6. The van der Waals surface area contributed by atoms with E-state index in [0.29, 0.717) is 37.9 Å². The molecule has 1 atom stereocenters. The van der Waals surface area contributed by atoms with Crippen LogP contribution in [0.25, 0.3) is 0 Å². The quantitative estimate of drug-likeness (QED) is 0.361. The van der Waals surface area contributed by atoms with Gasteiger partial charge < -0.3 is 19.1 Å². The second kappa shape index (κ2) is 11.1. The molecule has 1 saturated heterocycles. The number of hydrogen-bond donors (Lipinski definition) is 0. The molecular formula is C26H33NO7S. The number of amides is 1. The van der Waals surface area contributed by atoms with Crippen LogP contribution in [0.3, 0.4) is 0 Å². The number of carbonyl (C=O) groups excluding carboxylic acids is 2. The number of esters is 1. The summed E-state index contributed by atoms with van der Waals surface area (Å²) in [5.41, 5.74) is 0.900. The third-order valence-electron chi connectivity index (χ3n) is 6.36. The van der Waals surface area contributed by atoms with Gasteiger partial charge in [-0.3, -0.25) is 9.59 Å². The van der Waals surface area contributed by atoms with Gasteiger partial charge in [-0.15, -0.1) is 0 Å². The zero-order valence-electron chi connectivity index (χ0n) is 20.7. The molecule has 8 nitrogen and oxygen atoms in total. The van der Waals surface area contributed by atoms with Crippen LogP contribution in [0.15, 0.2) is 42.5 Å². The number of nitrogens with zero attached hydrogens (tertiary/aromatic N) is 1. The van der Waals surface area contributed by atoms with Gasteiger partial charge >= 0.3 is 5.97 Å². The fraction of sp³-hybridized carbons (Fsp3) is 0.462. The van der Waals surface area contributed by atoms with Gasteiger partial charge in [0.1, 0.15) is 9.84 Å². The molecule has 35 heavy (non-hydrogen) atoms. The molecule has 1 amide bonds. The first-order valence-electron chi connectivity index (χ1n) is 11.6. The lowest BCUT2D eigenvalue weighted by molar-refractivity contribution is -0.134. The molecule has 0 saturated carbocycles. The van der Waals surface area contributed by atoms with Crippen LogP contribution in [-0.4, -0.2) is 64.5 Å². The summed E-state index contributed by atoms with van der Waals surface area (Å²) in [5, 5.41) is 0. The van der Waals surface area contributed by atoms with E-state index in [9.17, 15) is 18.0 Å². The van der Waals surface area contributed by atoms with Gasteiger partial charge in [0.25, 0.3) is 5.91 Å². The van der Waals surface area contributed by atoms with Crippen molar-refractivity contribution in [2.75, 3.05) is 39.3 Å². The number of ether oxygens (including phenoxy) is 3. The Balaban J connectivity index is 1.90. The third kappa shape index (κ3) is 6.33. The van der Waals surface area contributed by atoms with Gasteiger partial charge in [0.2, 0.25) is 5.75 Å². The largest absolute Gasteiger partial charge is 0.493 e. The number of likely N-dealkylation sites (tertiary alicyclic amines) is 1. The van der Waals surface area contributed by atoms with Crippen molar-refractivity contribution in [3.05, 3.63) is 53.6 Å². The van der Waals surface area contributed by atoms with E-state index in [0.717, 1.165) is 5.56 Å². The Bertz CT molecular complexity index is 1140. The molecule has 1 fully saturated rings. The minimum atomic E-state index is -3.16. The first-order valence-corrected chi connectivity index (χ1v) is 13.7. The predicted octanol–water partition coefficient (Wildman–Crippen LogP) is 3.63. The lowest BCUT2D eigenvalue weighted by Gasteiger charge is -2.30. The summed E-state index contributed by atoms with van der Waals surface area (Å²) in [6, 6.07) is 12.8. The Morgan fingerprint density at radius 1 is 1.06 bits per heavy atom. The molecule has 0 spiro atoms. The Morgan fingerprint density at radius 2 is 1.69 bits per heavy atom. The summed E-state index contributed by atoms with van der Waals surface area (Å²) < 4.78 is 40.2. The second-order valence-corrected chi connectivity index (χ2v) is 11.2. The first kappa shape index (κ1) is 26.5. The standard InChI is InChI=1S/C26H33NO7S/c1-5-9-23(28)34-24-21(32-2)16-19(17-22(24)33-3)25(29)27-14-12-26(18-27,13-15-35(4,30)31)20-10-7-6-8-11-20/h6-8,10-11,16-17H,5,9,12-15,18H2,1-4H3. The SMILES string of the molecule is CCCC(=O)Oc1c(OC)cc(C(=O)N2CCC(CCS(C)(=O)=O)(c3ccccc3)C2)cc1OC. The number of sulfone groups is 1. The molecule has 3 rings (SSSR count). The number of rotatable bonds is 10. The van der Waals surface area contributed by atoms with Crippen molar-refractivity contribution in [3.8, 4) is 17.2 Å². The van der Waals surface area contributed by atoms with Crippen LogP contribution >= 0.6 is 0 Å². The van der Waals surface area contributed by atoms with Crippen molar-refractivity contribution >= 4 is 21.7 Å². The summed E-state index contributed by atoms with van der Waals surface area (Å²) in [7, 11) is -0.298. The lowest BCUT2D eigenvalue weighted by Crippen LogP contribution is -2.36. The maximum Gasteiger partial charge on any atom is 0.311 e. The van der Waals surface area contributed by atoms with Gasteiger partial charge in [0.05, 0.1) is 20.0 Å². The molecule has 0 aliphatic carbocycles. The van der Waals surface area contributed by atoms with E-state index in [1.54, 1.807) is 17.0 Å². The Labute approximate surface area is 207 Å². The highest BCUT2D eigenvalue weighted by molar-refractivity contribution is 7.90. The smallest absolute Gasteiger partial charge is 0.311 e. The molecule has 0 N–H and O–H groups in total. The minimum Gasteiger partial charge on any atom is -0.493 e. The van der Waals surface area contributed by atoms with Gasteiger partial charge in [0, 0.05) is 36.7 Å². The number of benzene rings is 2. The van der Waals surface area contributed by atoms with Crippen molar-refractivity contribution in [2.45, 2.75) is 38.0 Å². The maximum atomic E-state index is 13.5. The van der Waals surface area contributed by atoms with Crippen LogP contribution in [0, 0.1) is 0 Å². The van der Waals surface area contributed by atoms with Gasteiger partial charge in [-0.25, -0.2) is 8.42 Å². The predicted molar refractivity (Wildman–Crippen MR) is 133 cm³/mol. The Morgan fingerprint density at radius 3 is 2.23 bits per heavy atom. The van der Waals surface area contributed by atoms with E-state index < -0.39 is 21.2 Å². The lowest BCUT2D eigenvalue weighted by atomic mass is 9.77. The normalized spacial score (nSPS) is 17.8. The third-order valence-corrected chi connectivity index (χ3v) is 7.30. The summed E-state index contributed by atoms with van der Waals surface area (Å²) >= 11 is 0. The van der Waals surface area contributed by atoms with Crippen LogP contribution in [0.2, 0.25) is 0 Å². The zero-order valence-corrected chi connectivity index (χ0v) is 21.5. The summed E-state index contributed by atoms with van der Waals surface area (Å²) in [6.07, 6.45) is 3.20. The first-order chi connectivity index (χ1) is 16.6. The van der Waals surface area contributed by atoms with Crippen molar-refractivity contribution in [3.63, 3.8) is 0 Å². The van der Waals surface area contributed by atoms with E-state index in [4.69, 9.17) is 14.2 Å². The van der Waals surface area contributed by atoms with Gasteiger partial charge in [-0.2, -0.15) is 0 Å². The molecule has 2 aromatic carbocycles. The number of carbonyl (C=O) groups is 2. The molecule has 1 unspecified atom stereocenters. The van der Waals surface area contributed by atoms with Crippen LogP contribution in [-0.2, 0) is 20.0 Å². The molecule has 1 aliphatic heterocycles.